The van der Waals surface area contributed by atoms with E-state index in [-0.39, 0.29) is 5.91 Å². The molecular formula is C6H13N3O. The summed E-state index contributed by atoms with van der Waals surface area (Å²) in [6, 6.07) is 0. The Morgan fingerprint density at radius 3 is 2.90 bits per heavy atom. The zero-order valence-corrected chi connectivity index (χ0v) is 6.05. The van der Waals surface area contributed by atoms with Crippen LogP contribution in [0.15, 0.2) is 12.7 Å². The van der Waals surface area contributed by atoms with Gasteiger partial charge in [-0.25, -0.2) is 0 Å². The van der Waals surface area contributed by atoms with Gasteiger partial charge in [-0.2, -0.15) is 0 Å². The summed E-state index contributed by atoms with van der Waals surface area (Å²) in [5, 5.41) is 5.25. The predicted molar refractivity (Wildman–Crippen MR) is 40.0 cm³/mol. The smallest absolute Gasteiger partial charge is 0.245 e. The summed E-state index contributed by atoms with van der Waals surface area (Å²) in [6.07, 6.45) is 0.701. The summed E-state index contributed by atoms with van der Waals surface area (Å²) in [5.41, 5.74) is 5.37. The molecule has 58 valence electrons. The maximum Gasteiger partial charge on any atom is 0.245 e. The van der Waals surface area contributed by atoms with E-state index in [2.05, 4.69) is 17.2 Å². The van der Waals surface area contributed by atoms with Crippen LogP contribution in [0, 0.1) is 0 Å². The number of hydrogen-bond donors (Lipinski definition) is 3. The molecule has 0 aliphatic rings. The van der Waals surface area contributed by atoms with Gasteiger partial charge in [0.1, 0.15) is 6.29 Å². The van der Waals surface area contributed by atoms with E-state index in [1.807, 2.05) is 6.92 Å². The zero-order chi connectivity index (χ0) is 7.98. The van der Waals surface area contributed by atoms with Gasteiger partial charge in [0.05, 0.1) is 0 Å². The van der Waals surface area contributed by atoms with E-state index >= 15 is 0 Å². The molecule has 0 bridgehead atoms. The van der Waals surface area contributed by atoms with Crippen LogP contribution in [0.5, 0.6) is 0 Å². The second kappa shape index (κ2) is 4.96. The van der Waals surface area contributed by atoms with Crippen LogP contribution in [-0.4, -0.2) is 18.7 Å². The van der Waals surface area contributed by atoms with E-state index in [9.17, 15) is 4.79 Å². The third-order valence-electron chi connectivity index (χ3n) is 0.907. The molecule has 4 heteroatoms. The van der Waals surface area contributed by atoms with Crippen molar-refractivity contribution in [2.24, 2.45) is 5.73 Å². The monoisotopic (exact) mass is 143 g/mol. The molecule has 1 amide bonds. The number of hydrogen-bond acceptors (Lipinski definition) is 3. The number of nitrogens with two attached hydrogens (primary N) is 1. The first-order chi connectivity index (χ1) is 4.70. The summed E-state index contributed by atoms with van der Waals surface area (Å²) in [7, 11) is 0. The lowest BCUT2D eigenvalue weighted by atomic mass is 10.5. The van der Waals surface area contributed by atoms with E-state index in [4.69, 9.17) is 5.73 Å². The van der Waals surface area contributed by atoms with E-state index in [1.165, 1.54) is 6.08 Å². The van der Waals surface area contributed by atoms with Crippen LogP contribution in [0.3, 0.4) is 0 Å². The highest BCUT2D eigenvalue weighted by atomic mass is 16.1. The van der Waals surface area contributed by atoms with E-state index in [1.54, 1.807) is 0 Å². The first kappa shape index (κ1) is 9.13. The van der Waals surface area contributed by atoms with Crippen molar-refractivity contribution in [3.05, 3.63) is 12.7 Å². The summed E-state index contributed by atoms with van der Waals surface area (Å²) in [4.78, 5) is 10.5. The predicted octanol–water partition coefficient (Wildman–Crippen LogP) is -0.860. The molecule has 0 spiro atoms. The molecule has 1 atom stereocenters. The average molecular weight is 143 g/mol. The summed E-state index contributed by atoms with van der Waals surface area (Å²) in [5.74, 6) is -0.270. The van der Waals surface area contributed by atoms with Crippen molar-refractivity contribution >= 4 is 5.91 Å². The van der Waals surface area contributed by atoms with Gasteiger partial charge in [-0.3, -0.25) is 15.8 Å². The third kappa shape index (κ3) is 4.05. The van der Waals surface area contributed by atoms with Crippen LogP contribution in [0.2, 0.25) is 0 Å². The van der Waals surface area contributed by atoms with Crippen molar-refractivity contribution in [1.82, 2.24) is 10.6 Å². The van der Waals surface area contributed by atoms with Crippen molar-refractivity contribution in [1.29, 1.82) is 0 Å². The summed E-state index contributed by atoms with van der Waals surface area (Å²) < 4.78 is 0. The zero-order valence-electron chi connectivity index (χ0n) is 6.05. The van der Waals surface area contributed by atoms with Crippen LogP contribution in [-0.2, 0) is 4.79 Å². The van der Waals surface area contributed by atoms with Crippen molar-refractivity contribution in [3.8, 4) is 0 Å². The molecule has 0 aromatic rings. The molecule has 0 saturated heterocycles. The minimum absolute atomic E-state index is 0.270. The average Bonchev–Trinajstić information content (AvgIpc) is 1.88. The SMILES string of the molecule is C=CC(=O)NC(N)NCC. The van der Waals surface area contributed by atoms with Crippen LogP contribution < -0.4 is 16.4 Å². The minimum Gasteiger partial charge on any atom is -0.325 e. The molecule has 0 fully saturated rings. The second-order valence-corrected chi connectivity index (χ2v) is 1.75. The highest BCUT2D eigenvalue weighted by Crippen LogP contribution is 1.67. The van der Waals surface area contributed by atoms with Gasteiger partial charge in [-0.05, 0) is 12.6 Å². The lowest BCUT2D eigenvalue weighted by Crippen LogP contribution is -2.51. The molecule has 0 radical (unpaired) electrons. The van der Waals surface area contributed by atoms with Crippen molar-refractivity contribution < 1.29 is 4.79 Å². The van der Waals surface area contributed by atoms with Crippen molar-refractivity contribution in [3.63, 3.8) is 0 Å². The summed E-state index contributed by atoms with van der Waals surface area (Å²) in [6.45, 7) is 5.90. The van der Waals surface area contributed by atoms with Crippen LogP contribution >= 0.6 is 0 Å². The second-order valence-electron chi connectivity index (χ2n) is 1.75. The number of carbonyl (C=O) groups is 1. The van der Waals surface area contributed by atoms with E-state index in [0.29, 0.717) is 0 Å². The van der Waals surface area contributed by atoms with Gasteiger partial charge in [-0.15, -0.1) is 0 Å². The lowest BCUT2D eigenvalue weighted by Gasteiger charge is -2.11. The maximum absolute atomic E-state index is 10.5. The van der Waals surface area contributed by atoms with E-state index < -0.39 is 6.29 Å². The fraction of sp³-hybridized carbons (Fsp3) is 0.500. The Bertz CT molecular complexity index is 124. The van der Waals surface area contributed by atoms with E-state index in [0.717, 1.165) is 6.54 Å². The molecule has 4 N–H and O–H groups in total. The highest BCUT2D eigenvalue weighted by Gasteiger charge is 1.99. The van der Waals surface area contributed by atoms with Gasteiger partial charge in [0.15, 0.2) is 0 Å². The summed E-state index contributed by atoms with van der Waals surface area (Å²) >= 11 is 0. The molecule has 0 aliphatic carbocycles. The fourth-order valence-electron chi connectivity index (χ4n) is 0.483. The molecular weight excluding hydrogens is 130 g/mol. The molecule has 1 unspecified atom stereocenters. The molecule has 0 aromatic carbocycles. The Balaban J connectivity index is 3.46. The number of carbonyl (C=O) groups excluding carboxylic acids is 1. The Morgan fingerprint density at radius 1 is 1.90 bits per heavy atom. The quantitative estimate of drug-likeness (QED) is 0.354. The van der Waals surface area contributed by atoms with Crippen LogP contribution in [0.25, 0.3) is 0 Å². The van der Waals surface area contributed by atoms with Gasteiger partial charge in [-0.1, -0.05) is 13.5 Å². The molecule has 0 rings (SSSR count). The number of amides is 1. The number of nitrogens with one attached hydrogen (secondary N) is 2. The standard InChI is InChI=1S/C6H13N3O/c1-3-5(10)9-6(7)8-4-2/h3,6,8H,1,4,7H2,2H3,(H,9,10). The molecule has 0 aromatic heterocycles. The first-order valence-electron chi connectivity index (χ1n) is 3.12. The van der Waals surface area contributed by atoms with Gasteiger partial charge in [0.25, 0.3) is 0 Å². The Kier molecular flexibility index (Phi) is 4.53. The normalized spacial score (nSPS) is 12.2. The van der Waals surface area contributed by atoms with Gasteiger partial charge >= 0.3 is 0 Å². The third-order valence-corrected chi connectivity index (χ3v) is 0.907. The van der Waals surface area contributed by atoms with Crippen LogP contribution in [0.4, 0.5) is 0 Å². The molecule has 4 nitrogen and oxygen atoms in total. The van der Waals surface area contributed by atoms with Gasteiger partial charge in [0, 0.05) is 0 Å². The fourth-order valence-corrected chi connectivity index (χ4v) is 0.483. The van der Waals surface area contributed by atoms with Gasteiger partial charge < -0.3 is 5.32 Å². The first-order valence-corrected chi connectivity index (χ1v) is 3.12. The van der Waals surface area contributed by atoms with Gasteiger partial charge in [0.2, 0.25) is 5.91 Å². The Labute approximate surface area is 60.5 Å². The largest absolute Gasteiger partial charge is 0.325 e. The number of rotatable bonds is 4. The maximum atomic E-state index is 10.5. The van der Waals surface area contributed by atoms with Crippen molar-refractivity contribution in [2.75, 3.05) is 6.54 Å². The van der Waals surface area contributed by atoms with Crippen molar-refractivity contribution in [2.45, 2.75) is 13.2 Å². The highest BCUT2D eigenvalue weighted by molar-refractivity contribution is 5.86. The lowest BCUT2D eigenvalue weighted by molar-refractivity contribution is -0.117. The topological polar surface area (TPSA) is 67.2 Å². The molecule has 0 saturated carbocycles. The molecule has 0 heterocycles. The molecule has 0 aliphatic heterocycles. The van der Waals surface area contributed by atoms with Crippen LogP contribution in [0.1, 0.15) is 6.92 Å². The Hall–Kier alpha value is -0.870. The Morgan fingerprint density at radius 2 is 2.50 bits per heavy atom. The molecule has 10 heavy (non-hydrogen) atoms. The minimum atomic E-state index is -0.476.